The Hall–Kier alpha value is -1.29. The van der Waals surface area contributed by atoms with Gasteiger partial charge in [0.15, 0.2) is 0 Å². The highest BCUT2D eigenvalue weighted by atomic mass is 14.9. The Morgan fingerprint density at radius 1 is 1.42 bits per heavy atom. The van der Waals surface area contributed by atoms with E-state index in [9.17, 15) is 0 Å². The SMILES string of the molecule is [C-]#[N+]C1(c2cccc(C)c2)CC1. The van der Waals surface area contributed by atoms with Crippen LogP contribution in [-0.2, 0) is 5.54 Å². The molecule has 1 fully saturated rings. The molecule has 1 aliphatic rings. The highest BCUT2D eigenvalue weighted by molar-refractivity contribution is 5.36. The third kappa shape index (κ3) is 1.00. The molecule has 0 saturated heterocycles. The molecule has 0 unspecified atom stereocenters. The first kappa shape index (κ1) is 7.36. The van der Waals surface area contributed by atoms with Crippen molar-refractivity contribution in [3.05, 3.63) is 46.8 Å². The zero-order valence-electron chi connectivity index (χ0n) is 7.17. The van der Waals surface area contributed by atoms with Gasteiger partial charge in [0.1, 0.15) is 0 Å². The van der Waals surface area contributed by atoms with E-state index in [2.05, 4.69) is 30.0 Å². The topological polar surface area (TPSA) is 4.36 Å². The molecule has 0 bridgehead atoms. The van der Waals surface area contributed by atoms with Crippen molar-refractivity contribution in [3.8, 4) is 0 Å². The average Bonchev–Trinajstić information content (AvgIpc) is 2.84. The quantitative estimate of drug-likeness (QED) is 0.552. The molecule has 0 heterocycles. The Labute approximate surface area is 72.9 Å². The van der Waals surface area contributed by atoms with Crippen molar-refractivity contribution in [2.45, 2.75) is 25.3 Å². The summed E-state index contributed by atoms with van der Waals surface area (Å²) >= 11 is 0. The van der Waals surface area contributed by atoms with Gasteiger partial charge in [-0.25, -0.2) is 6.57 Å². The predicted molar refractivity (Wildman–Crippen MR) is 48.7 cm³/mol. The van der Waals surface area contributed by atoms with Crippen LogP contribution in [0.25, 0.3) is 4.85 Å². The van der Waals surface area contributed by atoms with E-state index in [1.807, 2.05) is 6.07 Å². The first-order valence-electron chi connectivity index (χ1n) is 4.23. The molecule has 1 aromatic rings. The second kappa shape index (κ2) is 2.35. The molecule has 0 amide bonds. The predicted octanol–water partition coefficient (Wildman–Crippen LogP) is 2.90. The Bertz CT molecular complexity index is 342. The number of aryl methyl sites for hydroxylation is 1. The Kier molecular flexibility index (Phi) is 1.44. The van der Waals surface area contributed by atoms with Crippen LogP contribution >= 0.6 is 0 Å². The number of nitrogens with zero attached hydrogens (tertiary/aromatic N) is 1. The van der Waals surface area contributed by atoms with Crippen LogP contribution in [-0.4, -0.2) is 0 Å². The van der Waals surface area contributed by atoms with Crippen molar-refractivity contribution in [2.24, 2.45) is 0 Å². The third-order valence-corrected chi connectivity index (χ3v) is 2.49. The first-order chi connectivity index (χ1) is 5.77. The summed E-state index contributed by atoms with van der Waals surface area (Å²) in [6.07, 6.45) is 2.08. The van der Waals surface area contributed by atoms with Crippen LogP contribution < -0.4 is 0 Å². The van der Waals surface area contributed by atoms with Gasteiger partial charge in [-0.05, 0) is 13.0 Å². The molecule has 2 rings (SSSR count). The van der Waals surface area contributed by atoms with Crippen molar-refractivity contribution >= 4 is 0 Å². The summed E-state index contributed by atoms with van der Waals surface area (Å²) in [6.45, 7) is 9.17. The lowest BCUT2D eigenvalue weighted by Crippen LogP contribution is -1.98. The Morgan fingerprint density at radius 2 is 2.17 bits per heavy atom. The summed E-state index contributed by atoms with van der Waals surface area (Å²) in [5, 5.41) is 0. The number of hydrogen-bond acceptors (Lipinski definition) is 0. The highest BCUT2D eigenvalue weighted by Gasteiger charge is 2.52. The Morgan fingerprint density at radius 3 is 2.67 bits per heavy atom. The van der Waals surface area contributed by atoms with E-state index in [4.69, 9.17) is 6.57 Å². The number of hydrogen-bond donors (Lipinski definition) is 0. The summed E-state index contributed by atoms with van der Waals surface area (Å²) in [6, 6.07) is 8.31. The van der Waals surface area contributed by atoms with E-state index in [1.54, 1.807) is 0 Å². The lowest BCUT2D eigenvalue weighted by Gasteiger charge is -2.02. The van der Waals surface area contributed by atoms with E-state index in [0.29, 0.717) is 0 Å². The van der Waals surface area contributed by atoms with Crippen LogP contribution in [0.4, 0.5) is 0 Å². The van der Waals surface area contributed by atoms with Gasteiger partial charge in [0, 0.05) is 18.4 Å². The van der Waals surface area contributed by atoms with Gasteiger partial charge < -0.3 is 4.85 Å². The van der Waals surface area contributed by atoms with Crippen molar-refractivity contribution < 1.29 is 0 Å². The van der Waals surface area contributed by atoms with E-state index < -0.39 is 0 Å². The van der Waals surface area contributed by atoms with Crippen molar-refractivity contribution in [3.63, 3.8) is 0 Å². The molecule has 1 nitrogen and oxygen atoms in total. The molecule has 0 aromatic heterocycles. The lowest BCUT2D eigenvalue weighted by molar-refractivity contribution is 0.882. The molecule has 12 heavy (non-hydrogen) atoms. The van der Waals surface area contributed by atoms with Crippen LogP contribution in [0.15, 0.2) is 24.3 Å². The molecule has 0 aliphatic heterocycles. The molecule has 0 N–H and O–H groups in total. The van der Waals surface area contributed by atoms with Crippen LogP contribution in [0.2, 0.25) is 0 Å². The van der Waals surface area contributed by atoms with Gasteiger partial charge in [0.25, 0.3) is 5.54 Å². The molecule has 1 heteroatoms. The minimum absolute atomic E-state index is 0.133. The standard InChI is InChI=1S/C11H11N/c1-9-4-3-5-10(8-9)11(12-2)6-7-11/h3-5,8H,6-7H2,1H3. The van der Waals surface area contributed by atoms with Gasteiger partial charge in [-0.15, -0.1) is 0 Å². The zero-order valence-corrected chi connectivity index (χ0v) is 7.17. The molecule has 0 radical (unpaired) electrons. The van der Waals surface area contributed by atoms with Crippen LogP contribution in [0.5, 0.6) is 0 Å². The highest BCUT2D eigenvalue weighted by Crippen LogP contribution is 2.49. The van der Waals surface area contributed by atoms with Crippen molar-refractivity contribution in [1.82, 2.24) is 0 Å². The van der Waals surface area contributed by atoms with Crippen LogP contribution in [0.1, 0.15) is 24.0 Å². The molecule has 1 aliphatic carbocycles. The molecular weight excluding hydrogens is 146 g/mol. The van der Waals surface area contributed by atoms with Crippen molar-refractivity contribution in [1.29, 1.82) is 0 Å². The van der Waals surface area contributed by atoms with Gasteiger partial charge in [-0.2, -0.15) is 0 Å². The van der Waals surface area contributed by atoms with Gasteiger partial charge in [0.2, 0.25) is 0 Å². The van der Waals surface area contributed by atoms with Gasteiger partial charge in [-0.1, -0.05) is 23.8 Å². The van der Waals surface area contributed by atoms with Gasteiger partial charge in [0.05, 0.1) is 0 Å². The van der Waals surface area contributed by atoms with E-state index in [-0.39, 0.29) is 5.54 Å². The lowest BCUT2D eigenvalue weighted by atomic mass is 10.0. The fourth-order valence-corrected chi connectivity index (χ4v) is 1.52. The van der Waals surface area contributed by atoms with Crippen molar-refractivity contribution in [2.75, 3.05) is 0 Å². The largest absolute Gasteiger partial charge is 0.305 e. The third-order valence-electron chi connectivity index (χ3n) is 2.49. The molecule has 1 aromatic carbocycles. The average molecular weight is 157 g/mol. The second-order valence-corrected chi connectivity index (χ2v) is 3.51. The summed E-state index contributed by atoms with van der Waals surface area (Å²) in [5.41, 5.74) is 2.33. The fourth-order valence-electron chi connectivity index (χ4n) is 1.52. The number of rotatable bonds is 1. The molecular formula is C11H11N. The second-order valence-electron chi connectivity index (χ2n) is 3.51. The first-order valence-corrected chi connectivity index (χ1v) is 4.23. The maximum atomic E-state index is 7.10. The molecule has 0 atom stereocenters. The van der Waals surface area contributed by atoms with E-state index in [1.165, 1.54) is 11.1 Å². The zero-order chi connectivity index (χ0) is 8.60. The Balaban J connectivity index is 2.42. The fraction of sp³-hybridized carbons (Fsp3) is 0.364. The van der Waals surface area contributed by atoms with Crippen LogP contribution in [0.3, 0.4) is 0 Å². The number of benzene rings is 1. The molecule has 1 saturated carbocycles. The minimum Gasteiger partial charge on any atom is -0.305 e. The summed E-state index contributed by atoms with van der Waals surface area (Å²) in [5.74, 6) is 0. The minimum atomic E-state index is -0.133. The maximum absolute atomic E-state index is 7.10. The maximum Gasteiger partial charge on any atom is 0.258 e. The van der Waals surface area contributed by atoms with Gasteiger partial charge in [-0.3, -0.25) is 0 Å². The summed E-state index contributed by atoms with van der Waals surface area (Å²) < 4.78 is 0. The van der Waals surface area contributed by atoms with Crippen LogP contribution in [0, 0.1) is 13.5 Å². The smallest absolute Gasteiger partial charge is 0.258 e. The molecule has 0 spiro atoms. The van der Waals surface area contributed by atoms with E-state index in [0.717, 1.165) is 12.8 Å². The normalized spacial score (nSPS) is 18.3. The molecule has 60 valence electrons. The van der Waals surface area contributed by atoms with E-state index >= 15 is 0 Å². The summed E-state index contributed by atoms with van der Waals surface area (Å²) in [7, 11) is 0. The monoisotopic (exact) mass is 157 g/mol. The summed E-state index contributed by atoms with van der Waals surface area (Å²) in [4.78, 5) is 3.69. The van der Waals surface area contributed by atoms with Gasteiger partial charge >= 0.3 is 0 Å².